The molecule has 0 fully saturated rings. The molecule has 1 aromatic carbocycles. The van der Waals surface area contributed by atoms with Crippen LogP contribution in [0, 0.1) is 11.3 Å². The molecule has 6 nitrogen and oxygen atoms in total. The molecule has 1 amide bonds. The lowest BCUT2D eigenvalue weighted by molar-refractivity contribution is 0.0937. The predicted octanol–water partition coefficient (Wildman–Crippen LogP) is 2.50. The van der Waals surface area contributed by atoms with Gasteiger partial charge in [0.1, 0.15) is 5.82 Å². The maximum Gasteiger partial charge on any atom is 0.252 e. The first-order chi connectivity index (χ1) is 11.6. The van der Waals surface area contributed by atoms with Crippen LogP contribution in [-0.2, 0) is 4.74 Å². The molecular formula is C18H20N4O2. The number of anilines is 1. The number of aromatic nitrogens is 1. The number of carbonyl (C=O) groups is 1. The van der Waals surface area contributed by atoms with Gasteiger partial charge in [-0.2, -0.15) is 5.26 Å². The van der Waals surface area contributed by atoms with E-state index in [1.807, 2.05) is 25.1 Å². The molecular weight excluding hydrogens is 304 g/mol. The van der Waals surface area contributed by atoms with Gasteiger partial charge in [-0.05, 0) is 36.8 Å². The van der Waals surface area contributed by atoms with Crippen LogP contribution in [0.4, 0.5) is 5.82 Å². The first kappa shape index (κ1) is 17.4. The molecule has 0 radical (unpaired) electrons. The number of pyridine rings is 1. The molecule has 2 aromatic rings. The molecule has 1 aromatic heterocycles. The average molecular weight is 324 g/mol. The van der Waals surface area contributed by atoms with Crippen LogP contribution in [0.2, 0.25) is 0 Å². The summed E-state index contributed by atoms with van der Waals surface area (Å²) in [4.78, 5) is 16.2. The van der Waals surface area contributed by atoms with Gasteiger partial charge in [-0.1, -0.05) is 12.1 Å². The first-order valence-corrected chi connectivity index (χ1v) is 7.64. The molecule has 0 aliphatic heterocycles. The normalized spacial score (nSPS) is 11.4. The molecule has 0 aliphatic carbocycles. The molecule has 1 atom stereocenters. The van der Waals surface area contributed by atoms with Gasteiger partial charge >= 0.3 is 0 Å². The van der Waals surface area contributed by atoms with E-state index in [4.69, 9.17) is 10.00 Å². The molecule has 0 aliphatic rings. The van der Waals surface area contributed by atoms with E-state index in [9.17, 15) is 4.79 Å². The first-order valence-electron chi connectivity index (χ1n) is 7.64. The highest BCUT2D eigenvalue weighted by molar-refractivity contribution is 5.94. The minimum atomic E-state index is -0.180. The van der Waals surface area contributed by atoms with E-state index < -0.39 is 0 Å². The van der Waals surface area contributed by atoms with E-state index in [1.165, 1.54) is 6.20 Å². The summed E-state index contributed by atoms with van der Waals surface area (Å²) in [6.45, 7) is 2.92. The van der Waals surface area contributed by atoms with Crippen molar-refractivity contribution in [1.29, 1.82) is 5.26 Å². The van der Waals surface area contributed by atoms with Crippen molar-refractivity contribution in [1.82, 2.24) is 10.3 Å². The number of hydrogen-bond donors (Lipinski definition) is 2. The van der Waals surface area contributed by atoms with Crippen molar-refractivity contribution in [2.24, 2.45) is 0 Å². The van der Waals surface area contributed by atoms with Crippen LogP contribution in [0.15, 0.2) is 42.6 Å². The van der Waals surface area contributed by atoms with Crippen LogP contribution in [0.1, 0.15) is 34.5 Å². The van der Waals surface area contributed by atoms with Crippen molar-refractivity contribution in [3.63, 3.8) is 0 Å². The van der Waals surface area contributed by atoms with Crippen LogP contribution in [0.25, 0.3) is 0 Å². The molecule has 0 spiro atoms. The number of rotatable bonds is 7. The minimum absolute atomic E-state index is 0.00724. The Kier molecular flexibility index (Phi) is 6.29. The number of nitriles is 1. The Labute approximate surface area is 141 Å². The van der Waals surface area contributed by atoms with Gasteiger partial charge in [0.25, 0.3) is 5.91 Å². The van der Waals surface area contributed by atoms with Crippen LogP contribution < -0.4 is 10.6 Å². The van der Waals surface area contributed by atoms with Crippen molar-refractivity contribution < 1.29 is 9.53 Å². The van der Waals surface area contributed by atoms with Gasteiger partial charge in [-0.15, -0.1) is 0 Å². The van der Waals surface area contributed by atoms with Crippen molar-refractivity contribution in [2.75, 3.05) is 25.6 Å². The SMILES string of the molecule is COCCNC(=O)c1ccc(NC(C)c2cccc(C#N)c2)nc1. The number of nitrogens with one attached hydrogen (secondary N) is 2. The standard InChI is InChI=1S/C18H20N4O2/c1-13(15-5-3-4-14(10-15)11-19)22-17-7-6-16(12-21-17)18(23)20-8-9-24-2/h3-7,10,12-13H,8-9H2,1-2H3,(H,20,23)(H,21,22). The highest BCUT2D eigenvalue weighted by atomic mass is 16.5. The van der Waals surface area contributed by atoms with E-state index in [0.29, 0.717) is 30.1 Å². The average Bonchev–Trinajstić information content (AvgIpc) is 2.62. The molecule has 24 heavy (non-hydrogen) atoms. The highest BCUT2D eigenvalue weighted by Gasteiger charge is 2.09. The predicted molar refractivity (Wildman–Crippen MR) is 91.6 cm³/mol. The second kappa shape index (κ2) is 8.65. The van der Waals surface area contributed by atoms with Gasteiger partial charge in [-0.3, -0.25) is 4.79 Å². The molecule has 6 heteroatoms. The number of benzene rings is 1. The number of carbonyl (C=O) groups excluding carboxylic acids is 1. The smallest absolute Gasteiger partial charge is 0.252 e. The number of amides is 1. The number of methoxy groups -OCH3 is 1. The second-order valence-electron chi connectivity index (χ2n) is 5.28. The molecule has 0 bridgehead atoms. The second-order valence-corrected chi connectivity index (χ2v) is 5.28. The summed E-state index contributed by atoms with van der Waals surface area (Å²) in [6, 6.07) is 13.0. The fourth-order valence-corrected chi connectivity index (χ4v) is 2.16. The van der Waals surface area contributed by atoms with Gasteiger partial charge in [0.05, 0.1) is 23.8 Å². The molecule has 1 heterocycles. The summed E-state index contributed by atoms with van der Waals surface area (Å²) in [5.41, 5.74) is 2.12. The maximum absolute atomic E-state index is 11.9. The van der Waals surface area contributed by atoms with Crippen LogP contribution >= 0.6 is 0 Å². The fourth-order valence-electron chi connectivity index (χ4n) is 2.16. The van der Waals surface area contributed by atoms with Gasteiger partial charge in [0.2, 0.25) is 0 Å². The zero-order valence-corrected chi connectivity index (χ0v) is 13.7. The number of ether oxygens (including phenoxy) is 1. The third-order valence-corrected chi connectivity index (χ3v) is 3.50. The van der Waals surface area contributed by atoms with Crippen LogP contribution in [0.5, 0.6) is 0 Å². The third kappa shape index (κ3) is 4.80. The van der Waals surface area contributed by atoms with Crippen molar-refractivity contribution in [2.45, 2.75) is 13.0 Å². The summed E-state index contributed by atoms with van der Waals surface area (Å²) in [5, 5.41) is 15.0. The van der Waals surface area contributed by atoms with E-state index in [2.05, 4.69) is 21.7 Å². The molecule has 1 unspecified atom stereocenters. The van der Waals surface area contributed by atoms with Crippen molar-refractivity contribution >= 4 is 11.7 Å². The lowest BCUT2D eigenvalue weighted by Gasteiger charge is -2.15. The maximum atomic E-state index is 11.9. The van der Waals surface area contributed by atoms with Gasteiger partial charge in [0, 0.05) is 25.9 Å². The largest absolute Gasteiger partial charge is 0.383 e. The Bertz CT molecular complexity index is 723. The summed E-state index contributed by atoms with van der Waals surface area (Å²) in [6.07, 6.45) is 1.53. The third-order valence-electron chi connectivity index (χ3n) is 3.50. The molecule has 0 saturated carbocycles. The van der Waals surface area contributed by atoms with Gasteiger partial charge < -0.3 is 15.4 Å². The van der Waals surface area contributed by atoms with Gasteiger partial charge in [0.15, 0.2) is 0 Å². The Morgan fingerprint density at radius 2 is 2.21 bits per heavy atom. The summed E-state index contributed by atoms with van der Waals surface area (Å²) < 4.78 is 4.89. The molecule has 0 saturated heterocycles. The topological polar surface area (TPSA) is 87.0 Å². The summed E-state index contributed by atoms with van der Waals surface area (Å²) in [5.74, 6) is 0.485. The summed E-state index contributed by atoms with van der Waals surface area (Å²) in [7, 11) is 1.58. The Morgan fingerprint density at radius 3 is 2.88 bits per heavy atom. The number of hydrogen-bond acceptors (Lipinski definition) is 5. The minimum Gasteiger partial charge on any atom is -0.383 e. The van der Waals surface area contributed by atoms with Crippen LogP contribution in [-0.4, -0.2) is 31.2 Å². The molecule has 124 valence electrons. The Balaban J connectivity index is 1.98. The zero-order valence-electron chi connectivity index (χ0n) is 13.7. The van der Waals surface area contributed by atoms with Crippen LogP contribution in [0.3, 0.4) is 0 Å². The lowest BCUT2D eigenvalue weighted by atomic mass is 10.1. The van der Waals surface area contributed by atoms with E-state index in [-0.39, 0.29) is 11.9 Å². The van der Waals surface area contributed by atoms with Gasteiger partial charge in [-0.25, -0.2) is 4.98 Å². The Hall–Kier alpha value is -2.91. The molecule has 2 rings (SSSR count). The van der Waals surface area contributed by atoms with Crippen molar-refractivity contribution in [3.8, 4) is 6.07 Å². The fraction of sp³-hybridized carbons (Fsp3) is 0.278. The van der Waals surface area contributed by atoms with E-state index in [1.54, 1.807) is 25.3 Å². The monoisotopic (exact) mass is 324 g/mol. The lowest BCUT2D eigenvalue weighted by Crippen LogP contribution is -2.27. The molecule has 2 N–H and O–H groups in total. The highest BCUT2D eigenvalue weighted by Crippen LogP contribution is 2.18. The summed E-state index contributed by atoms with van der Waals surface area (Å²) >= 11 is 0. The van der Waals surface area contributed by atoms with E-state index >= 15 is 0 Å². The van der Waals surface area contributed by atoms with Crippen molar-refractivity contribution in [3.05, 3.63) is 59.3 Å². The zero-order chi connectivity index (χ0) is 17.4. The number of nitrogens with zero attached hydrogens (tertiary/aromatic N) is 2. The Morgan fingerprint density at radius 1 is 1.38 bits per heavy atom. The quantitative estimate of drug-likeness (QED) is 0.764. The van der Waals surface area contributed by atoms with E-state index in [0.717, 1.165) is 5.56 Å².